The van der Waals surface area contributed by atoms with Crippen molar-refractivity contribution in [3.05, 3.63) is 59.7 Å². The van der Waals surface area contributed by atoms with E-state index in [0.717, 1.165) is 17.1 Å². The minimum Gasteiger partial charge on any atom is -0.497 e. The molecule has 0 aliphatic carbocycles. The first-order chi connectivity index (χ1) is 12.1. The first-order valence-corrected chi connectivity index (χ1v) is 7.94. The quantitative estimate of drug-likeness (QED) is 0.684. The standard InChI is InChI=1S/C19H21NO5/c1-24-16-7-9-17(10-8-16)25-11-3-6-18(21)20-13-14-4-2-5-15(12-14)19(22)23/h2,4-5,7-10,12H,3,6,11,13H2,1H3,(H,20,21)(H,22,23). The summed E-state index contributed by atoms with van der Waals surface area (Å²) in [5.41, 5.74) is 0.961. The summed E-state index contributed by atoms with van der Waals surface area (Å²) in [5, 5.41) is 11.7. The van der Waals surface area contributed by atoms with Crippen molar-refractivity contribution in [1.29, 1.82) is 0 Å². The largest absolute Gasteiger partial charge is 0.497 e. The number of methoxy groups -OCH3 is 1. The van der Waals surface area contributed by atoms with Gasteiger partial charge in [0.15, 0.2) is 0 Å². The first kappa shape index (κ1) is 18.3. The number of carbonyl (C=O) groups excluding carboxylic acids is 1. The minimum atomic E-state index is -0.983. The van der Waals surface area contributed by atoms with Gasteiger partial charge in [-0.25, -0.2) is 4.79 Å². The number of nitrogens with one attached hydrogen (secondary N) is 1. The Balaban J connectivity index is 1.66. The van der Waals surface area contributed by atoms with Crippen LogP contribution in [0.25, 0.3) is 0 Å². The molecule has 2 aromatic carbocycles. The predicted molar refractivity (Wildman–Crippen MR) is 93.0 cm³/mol. The summed E-state index contributed by atoms with van der Waals surface area (Å²) in [7, 11) is 1.60. The topological polar surface area (TPSA) is 84.9 Å². The Morgan fingerprint density at radius 3 is 2.48 bits per heavy atom. The Labute approximate surface area is 146 Å². The molecular formula is C19H21NO5. The average Bonchev–Trinajstić information content (AvgIpc) is 2.64. The monoisotopic (exact) mass is 343 g/mol. The maximum Gasteiger partial charge on any atom is 0.335 e. The second kappa shape index (κ2) is 9.32. The van der Waals surface area contributed by atoms with Gasteiger partial charge < -0.3 is 19.9 Å². The molecule has 2 N–H and O–H groups in total. The normalized spacial score (nSPS) is 10.1. The van der Waals surface area contributed by atoms with Gasteiger partial charge in [0.05, 0.1) is 19.3 Å². The fraction of sp³-hybridized carbons (Fsp3) is 0.263. The van der Waals surface area contributed by atoms with Gasteiger partial charge >= 0.3 is 5.97 Å². The Morgan fingerprint density at radius 2 is 1.80 bits per heavy atom. The summed E-state index contributed by atoms with van der Waals surface area (Å²) in [4.78, 5) is 22.7. The molecule has 0 radical (unpaired) electrons. The van der Waals surface area contributed by atoms with E-state index in [9.17, 15) is 9.59 Å². The fourth-order valence-corrected chi connectivity index (χ4v) is 2.20. The van der Waals surface area contributed by atoms with Gasteiger partial charge in [-0.05, 0) is 48.4 Å². The van der Waals surface area contributed by atoms with Crippen LogP contribution < -0.4 is 14.8 Å². The molecule has 0 fully saturated rings. The van der Waals surface area contributed by atoms with Crippen LogP contribution >= 0.6 is 0 Å². The lowest BCUT2D eigenvalue weighted by molar-refractivity contribution is -0.121. The smallest absolute Gasteiger partial charge is 0.335 e. The zero-order valence-electron chi connectivity index (χ0n) is 14.0. The van der Waals surface area contributed by atoms with E-state index in [0.29, 0.717) is 26.0 Å². The molecule has 132 valence electrons. The molecule has 0 spiro atoms. The second-order valence-electron chi connectivity index (χ2n) is 5.41. The summed E-state index contributed by atoms with van der Waals surface area (Å²) in [6.07, 6.45) is 0.932. The van der Waals surface area contributed by atoms with Crippen LogP contribution in [-0.4, -0.2) is 30.7 Å². The van der Waals surface area contributed by atoms with Crippen LogP contribution in [0.4, 0.5) is 0 Å². The lowest BCUT2D eigenvalue weighted by Gasteiger charge is -2.08. The number of hydrogen-bond acceptors (Lipinski definition) is 4. The highest BCUT2D eigenvalue weighted by Gasteiger charge is 2.05. The zero-order valence-corrected chi connectivity index (χ0v) is 14.0. The number of hydrogen-bond donors (Lipinski definition) is 2. The summed E-state index contributed by atoms with van der Waals surface area (Å²) >= 11 is 0. The molecule has 0 saturated heterocycles. The highest BCUT2D eigenvalue weighted by atomic mass is 16.5. The van der Waals surface area contributed by atoms with Crippen LogP contribution in [0.15, 0.2) is 48.5 Å². The summed E-state index contributed by atoms with van der Waals surface area (Å²) in [6.45, 7) is 0.744. The maximum atomic E-state index is 11.8. The van der Waals surface area contributed by atoms with Gasteiger partial charge in [-0.15, -0.1) is 0 Å². The number of carboxylic acid groups (broad SMARTS) is 1. The molecule has 6 heteroatoms. The molecule has 25 heavy (non-hydrogen) atoms. The van der Waals surface area contributed by atoms with Gasteiger partial charge in [0, 0.05) is 13.0 Å². The Morgan fingerprint density at radius 1 is 1.08 bits per heavy atom. The van der Waals surface area contributed by atoms with Crippen molar-refractivity contribution in [2.75, 3.05) is 13.7 Å². The van der Waals surface area contributed by atoms with Crippen LogP contribution in [0.2, 0.25) is 0 Å². The van der Waals surface area contributed by atoms with Gasteiger partial charge in [-0.3, -0.25) is 4.79 Å². The van der Waals surface area contributed by atoms with E-state index >= 15 is 0 Å². The van der Waals surface area contributed by atoms with Crippen molar-refractivity contribution < 1.29 is 24.2 Å². The molecule has 0 heterocycles. The molecule has 0 atom stereocenters. The number of ether oxygens (including phenoxy) is 2. The van der Waals surface area contributed by atoms with Crippen molar-refractivity contribution >= 4 is 11.9 Å². The van der Waals surface area contributed by atoms with E-state index in [2.05, 4.69) is 5.32 Å². The van der Waals surface area contributed by atoms with Crippen LogP contribution in [-0.2, 0) is 11.3 Å². The Kier molecular flexibility index (Phi) is 6.83. The average molecular weight is 343 g/mol. The van der Waals surface area contributed by atoms with Crippen LogP contribution in [0.1, 0.15) is 28.8 Å². The maximum absolute atomic E-state index is 11.8. The fourth-order valence-electron chi connectivity index (χ4n) is 2.20. The number of carbonyl (C=O) groups is 2. The number of carboxylic acids is 1. The Hall–Kier alpha value is -3.02. The molecular weight excluding hydrogens is 322 g/mol. The predicted octanol–water partition coefficient (Wildman–Crippen LogP) is 2.87. The molecule has 0 unspecified atom stereocenters. The molecule has 0 bridgehead atoms. The van der Waals surface area contributed by atoms with Crippen molar-refractivity contribution in [3.63, 3.8) is 0 Å². The molecule has 0 aromatic heterocycles. The third-order valence-electron chi connectivity index (χ3n) is 3.54. The molecule has 1 amide bonds. The van der Waals surface area contributed by atoms with Crippen molar-refractivity contribution in [2.45, 2.75) is 19.4 Å². The number of rotatable bonds is 9. The molecule has 2 aromatic rings. The van der Waals surface area contributed by atoms with Gasteiger partial charge in [-0.1, -0.05) is 12.1 Å². The van der Waals surface area contributed by atoms with E-state index < -0.39 is 5.97 Å². The zero-order chi connectivity index (χ0) is 18.1. The van der Waals surface area contributed by atoms with Crippen molar-refractivity contribution in [1.82, 2.24) is 5.32 Å². The van der Waals surface area contributed by atoms with Crippen LogP contribution in [0, 0.1) is 0 Å². The molecule has 0 aliphatic heterocycles. The second-order valence-corrected chi connectivity index (χ2v) is 5.41. The molecule has 0 saturated carbocycles. The summed E-state index contributed by atoms with van der Waals surface area (Å²) in [5.74, 6) is 0.410. The molecule has 2 rings (SSSR count). The van der Waals surface area contributed by atoms with Crippen LogP contribution in [0.5, 0.6) is 11.5 Å². The summed E-state index contributed by atoms with van der Waals surface area (Å²) < 4.78 is 10.6. The van der Waals surface area contributed by atoms with Gasteiger partial charge in [-0.2, -0.15) is 0 Å². The highest BCUT2D eigenvalue weighted by molar-refractivity contribution is 5.87. The molecule has 0 aliphatic rings. The van der Waals surface area contributed by atoms with Crippen molar-refractivity contribution in [3.8, 4) is 11.5 Å². The van der Waals surface area contributed by atoms with E-state index in [1.807, 2.05) is 24.3 Å². The number of benzene rings is 2. The van der Waals surface area contributed by atoms with E-state index in [-0.39, 0.29) is 11.5 Å². The van der Waals surface area contributed by atoms with Gasteiger partial charge in [0.1, 0.15) is 11.5 Å². The minimum absolute atomic E-state index is 0.0981. The van der Waals surface area contributed by atoms with Gasteiger partial charge in [0.2, 0.25) is 5.91 Å². The number of amides is 1. The lowest BCUT2D eigenvalue weighted by Crippen LogP contribution is -2.23. The van der Waals surface area contributed by atoms with E-state index in [1.165, 1.54) is 6.07 Å². The SMILES string of the molecule is COc1ccc(OCCCC(=O)NCc2cccc(C(=O)O)c2)cc1. The van der Waals surface area contributed by atoms with E-state index in [4.69, 9.17) is 14.6 Å². The third kappa shape index (κ3) is 6.18. The summed E-state index contributed by atoms with van der Waals surface area (Å²) in [6, 6.07) is 13.8. The first-order valence-electron chi connectivity index (χ1n) is 7.94. The van der Waals surface area contributed by atoms with Gasteiger partial charge in [0.25, 0.3) is 0 Å². The molecule has 6 nitrogen and oxygen atoms in total. The van der Waals surface area contributed by atoms with Crippen LogP contribution in [0.3, 0.4) is 0 Å². The number of aromatic carboxylic acids is 1. The highest BCUT2D eigenvalue weighted by Crippen LogP contribution is 2.17. The Bertz CT molecular complexity index is 712. The van der Waals surface area contributed by atoms with E-state index in [1.54, 1.807) is 25.3 Å². The lowest BCUT2D eigenvalue weighted by atomic mass is 10.1. The van der Waals surface area contributed by atoms with Crippen molar-refractivity contribution in [2.24, 2.45) is 0 Å². The third-order valence-corrected chi connectivity index (χ3v) is 3.54.